The number of hydrogen-bond donors (Lipinski definition) is 1. The first-order chi connectivity index (χ1) is 18.7. The Morgan fingerprint density at radius 2 is 1.92 bits per heavy atom. The molecule has 3 atom stereocenters. The van der Waals surface area contributed by atoms with E-state index < -0.39 is 5.92 Å². The average Bonchev–Trinajstić information content (AvgIpc) is 3.31. The van der Waals surface area contributed by atoms with Crippen LogP contribution < -0.4 is 5.32 Å². The number of nitrogens with zero attached hydrogens (tertiary/aromatic N) is 2. The summed E-state index contributed by atoms with van der Waals surface area (Å²) >= 11 is 9.60. The fourth-order valence-corrected chi connectivity index (χ4v) is 7.12. The van der Waals surface area contributed by atoms with Crippen LogP contribution in [0.2, 0.25) is 5.02 Å². The van der Waals surface area contributed by atoms with Gasteiger partial charge in [0.15, 0.2) is 5.78 Å². The topological polar surface area (TPSA) is 79.4 Å². The highest BCUT2D eigenvalue weighted by atomic mass is 35.5. The molecule has 1 aromatic heterocycles. The summed E-state index contributed by atoms with van der Waals surface area (Å²) in [7, 11) is 0. The van der Waals surface area contributed by atoms with E-state index in [2.05, 4.69) is 30.6 Å². The zero-order valence-electron chi connectivity index (χ0n) is 23.5. The number of Topliss-reactive ketones (excluding diaryl/α,β-unsaturated/α-hetero) is 2. The van der Waals surface area contributed by atoms with Crippen LogP contribution >= 0.6 is 34.7 Å². The van der Waals surface area contributed by atoms with E-state index in [1.54, 1.807) is 6.07 Å². The molecule has 1 N–H and O–H groups in total. The van der Waals surface area contributed by atoms with Crippen LogP contribution in [0.25, 0.3) is 10.2 Å². The summed E-state index contributed by atoms with van der Waals surface area (Å²) < 4.78 is 0.969. The standard InChI is InChI=1S/C30H42ClN3O3S2/c1-5-7-24(35)16-22(17-29-32-26-9-8-23(31)18-28(26)39-29)30(37)33-25(20(3)6-2)10-11-27(36)21(4)19-34-12-14-38-15-13-34/h8-9,18,20,22,25H,4-7,10-17,19H2,1-3H3,(H,33,37)/t20-,22-,25+/m0/s1. The number of thiazole rings is 1. The molecule has 0 radical (unpaired) electrons. The largest absolute Gasteiger partial charge is 0.353 e. The number of halogens is 1. The third-order valence-electron chi connectivity index (χ3n) is 7.44. The first-order valence-corrected chi connectivity index (χ1v) is 16.4. The Morgan fingerprint density at radius 1 is 1.18 bits per heavy atom. The Bertz CT molecular complexity index is 1150. The van der Waals surface area contributed by atoms with Crippen LogP contribution in [0.3, 0.4) is 0 Å². The van der Waals surface area contributed by atoms with Gasteiger partial charge in [-0.2, -0.15) is 11.8 Å². The SMILES string of the molecule is C=C(CN1CCSCC1)C(=O)CC[C@@H](NC(=O)[C@@H](CC(=O)CCC)Cc1nc2ccc(Cl)cc2s1)[C@@H](C)CC. The molecule has 2 aromatic rings. The van der Waals surface area contributed by atoms with Gasteiger partial charge in [-0.3, -0.25) is 19.3 Å². The van der Waals surface area contributed by atoms with E-state index in [9.17, 15) is 14.4 Å². The Labute approximate surface area is 246 Å². The molecular weight excluding hydrogens is 550 g/mol. The number of nitrogens with one attached hydrogen (secondary N) is 1. The molecule has 0 spiro atoms. The normalized spacial score (nSPS) is 16.5. The zero-order valence-corrected chi connectivity index (χ0v) is 25.9. The molecule has 1 aliphatic heterocycles. The van der Waals surface area contributed by atoms with Crippen molar-refractivity contribution in [2.75, 3.05) is 31.1 Å². The molecule has 6 nitrogen and oxygen atoms in total. The van der Waals surface area contributed by atoms with Gasteiger partial charge in [-0.25, -0.2) is 4.98 Å². The maximum absolute atomic E-state index is 13.6. The maximum Gasteiger partial charge on any atom is 0.224 e. The minimum Gasteiger partial charge on any atom is -0.353 e. The number of rotatable bonds is 16. The van der Waals surface area contributed by atoms with Crippen LogP contribution in [0.15, 0.2) is 30.4 Å². The maximum atomic E-state index is 13.6. The van der Waals surface area contributed by atoms with Gasteiger partial charge >= 0.3 is 0 Å². The summed E-state index contributed by atoms with van der Waals surface area (Å²) in [4.78, 5) is 46.1. The molecule has 1 aliphatic rings. The second-order valence-electron chi connectivity index (χ2n) is 10.6. The average molecular weight is 592 g/mol. The quantitative estimate of drug-likeness (QED) is 0.229. The van der Waals surface area contributed by atoms with E-state index in [0.29, 0.717) is 42.8 Å². The lowest BCUT2D eigenvalue weighted by atomic mass is 9.91. The Kier molecular flexibility index (Phi) is 13.0. The second-order valence-corrected chi connectivity index (χ2v) is 13.3. The number of thioether (sulfide) groups is 1. The summed E-state index contributed by atoms with van der Waals surface area (Å²) in [6, 6.07) is 5.41. The molecule has 1 fully saturated rings. The minimum atomic E-state index is -0.505. The predicted octanol–water partition coefficient (Wildman–Crippen LogP) is 6.35. The molecule has 3 rings (SSSR count). The number of carbonyl (C=O) groups excluding carboxylic acids is 3. The highest BCUT2D eigenvalue weighted by Crippen LogP contribution is 2.28. The van der Waals surface area contributed by atoms with E-state index in [-0.39, 0.29) is 35.9 Å². The number of aromatic nitrogens is 1. The van der Waals surface area contributed by atoms with E-state index in [1.165, 1.54) is 11.3 Å². The van der Waals surface area contributed by atoms with Crippen molar-refractivity contribution in [1.29, 1.82) is 0 Å². The molecule has 9 heteroatoms. The van der Waals surface area contributed by atoms with Crippen molar-refractivity contribution < 1.29 is 14.4 Å². The third-order valence-corrected chi connectivity index (χ3v) is 9.66. The molecule has 214 valence electrons. The van der Waals surface area contributed by atoms with Gasteiger partial charge in [-0.05, 0) is 37.0 Å². The van der Waals surface area contributed by atoms with Crippen molar-refractivity contribution in [3.63, 3.8) is 0 Å². The Hall–Kier alpha value is -1.74. The minimum absolute atomic E-state index is 0.0681. The molecule has 2 heterocycles. The van der Waals surface area contributed by atoms with Gasteiger partial charge in [0.1, 0.15) is 5.78 Å². The number of amides is 1. The number of hydrogen-bond acceptors (Lipinski definition) is 7. The van der Waals surface area contributed by atoms with Crippen molar-refractivity contribution in [2.45, 2.75) is 71.8 Å². The smallest absolute Gasteiger partial charge is 0.224 e. The van der Waals surface area contributed by atoms with E-state index in [4.69, 9.17) is 16.6 Å². The second kappa shape index (κ2) is 15.9. The number of benzene rings is 1. The molecule has 1 aromatic carbocycles. The number of carbonyl (C=O) groups is 3. The molecule has 0 bridgehead atoms. The van der Waals surface area contributed by atoms with Crippen LogP contribution in [0.4, 0.5) is 0 Å². The molecule has 1 saturated heterocycles. The van der Waals surface area contributed by atoms with E-state index in [0.717, 1.165) is 52.7 Å². The molecule has 39 heavy (non-hydrogen) atoms. The van der Waals surface area contributed by atoms with Crippen LogP contribution in [0, 0.1) is 11.8 Å². The van der Waals surface area contributed by atoms with Gasteiger partial charge in [0.25, 0.3) is 0 Å². The Balaban J connectivity index is 1.66. The van der Waals surface area contributed by atoms with Crippen molar-refractivity contribution in [3.05, 3.63) is 40.4 Å². The van der Waals surface area contributed by atoms with Crippen molar-refractivity contribution in [3.8, 4) is 0 Å². The monoisotopic (exact) mass is 591 g/mol. The molecular formula is C30H42ClN3O3S2. The Morgan fingerprint density at radius 3 is 2.62 bits per heavy atom. The molecule has 0 unspecified atom stereocenters. The molecule has 0 saturated carbocycles. The van der Waals surface area contributed by atoms with Crippen LogP contribution in [0.5, 0.6) is 0 Å². The number of fused-ring (bicyclic) bond motifs is 1. The van der Waals surface area contributed by atoms with Crippen LogP contribution in [-0.2, 0) is 20.8 Å². The van der Waals surface area contributed by atoms with Crippen LogP contribution in [-0.4, -0.2) is 64.5 Å². The van der Waals surface area contributed by atoms with Gasteiger partial charge in [0.05, 0.1) is 21.1 Å². The highest BCUT2D eigenvalue weighted by Gasteiger charge is 2.28. The van der Waals surface area contributed by atoms with Gasteiger partial charge in [-0.15, -0.1) is 11.3 Å². The van der Waals surface area contributed by atoms with E-state index in [1.807, 2.05) is 30.8 Å². The molecule has 1 amide bonds. The van der Waals surface area contributed by atoms with Gasteiger partial charge < -0.3 is 5.32 Å². The summed E-state index contributed by atoms with van der Waals surface area (Å²) in [5, 5.41) is 4.69. The third kappa shape index (κ3) is 9.99. The zero-order chi connectivity index (χ0) is 28.4. The predicted molar refractivity (Wildman–Crippen MR) is 165 cm³/mol. The fraction of sp³-hybridized carbons (Fsp3) is 0.600. The van der Waals surface area contributed by atoms with Crippen molar-refractivity contribution in [2.24, 2.45) is 11.8 Å². The number of ketones is 2. The van der Waals surface area contributed by atoms with Crippen molar-refractivity contribution >= 4 is 62.4 Å². The first kappa shape index (κ1) is 31.8. The summed E-state index contributed by atoms with van der Waals surface area (Å²) in [6.45, 7) is 12.8. The summed E-state index contributed by atoms with van der Waals surface area (Å²) in [5.41, 5.74) is 1.49. The first-order valence-electron chi connectivity index (χ1n) is 14.1. The summed E-state index contributed by atoms with van der Waals surface area (Å²) in [6.07, 6.45) is 3.59. The lowest BCUT2D eigenvalue weighted by Gasteiger charge is -2.28. The van der Waals surface area contributed by atoms with E-state index >= 15 is 0 Å². The lowest BCUT2D eigenvalue weighted by Crippen LogP contribution is -2.43. The van der Waals surface area contributed by atoms with Gasteiger partial charge in [0, 0.05) is 73.5 Å². The lowest BCUT2D eigenvalue weighted by molar-refractivity contribution is -0.130. The van der Waals surface area contributed by atoms with Crippen LogP contribution in [0.1, 0.15) is 64.3 Å². The fourth-order valence-electron chi connectivity index (χ4n) is 4.82. The van der Waals surface area contributed by atoms with Gasteiger partial charge in [0.2, 0.25) is 5.91 Å². The summed E-state index contributed by atoms with van der Waals surface area (Å²) in [5.74, 6) is 1.90. The van der Waals surface area contributed by atoms with Gasteiger partial charge in [-0.1, -0.05) is 45.4 Å². The highest BCUT2D eigenvalue weighted by molar-refractivity contribution is 7.99. The molecule has 0 aliphatic carbocycles. The van der Waals surface area contributed by atoms with Crippen molar-refractivity contribution in [1.82, 2.24) is 15.2 Å².